The van der Waals surface area contributed by atoms with E-state index < -0.39 is 6.09 Å². The van der Waals surface area contributed by atoms with Gasteiger partial charge in [-0.05, 0) is 36.4 Å². The number of hydrogen-bond donors (Lipinski definition) is 3. The zero-order chi connectivity index (χ0) is 17.6. The number of nitrogens with one attached hydrogen (secondary N) is 2. The summed E-state index contributed by atoms with van der Waals surface area (Å²) >= 11 is 0. The van der Waals surface area contributed by atoms with Crippen LogP contribution < -0.4 is 10.6 Å². The van der Waals surface area contributed by atoms with Crippen molar-refractivity contribution in [3.05, 3.63) is 90.0 Å². The van der Waals surface area contributed by atoms with E-state index in [-0.39, 0.29) is 5.78 Å². The van der Waals surface area contributed by atoms with Crippen LogP contribution in [0.25, 0.3) is 0 Å². The fourth-order valence-electron chi connectivity index (χ4n) is 2.43. The second-order valence-electron chi connectivity index (χ2n) is 5.37. The highest BCUT2D eigenvalue weighted by atomic mass is 16.4. The van der Waals surface area contributed by atoms with Crippen LogP contribution in [0.4, 0.5) is 21.9 Å². The van der Waals surface area contributed by atoms with Gasteiger partial charge >= 0.3 is 6.09 Å². The Balaban J connectivity index is 1.78. The highest BCUT2D eigenvalue weighted by Gasteiger charge is 2.09. The van der Waals surface area contributed by atoms with Crippen LogP contribution in [0.1, 0.15) is 15.9 Å². The zero-order valence-corrected chi connectivity index (χ0v) is 13.3. The van der Waals surface area contributed by atoms with Gasteiger partial charge in [0.1, 0.15) is 0 Å². The molecule has 1 amide bonds. The summed E-state index contributed by atoms with van der Waals surface area (Å²) in [7, 11) is 0. The average molecular weight is 332 g/mol. The molecule has 3 aromatic carbocycles. The van der Waals surface area contributed by atoms with Gasteiger partial charge in [0, 0.05) is 16.8 Å². The molecule has 0 radical (unpaired) electrons. The van der Waals surface area contributed by atoms with Crippen molar-refractivity contribution in [3.8, 4) is 0 Å². The summed E-state index contributed by atoms with van der Waals surface area (Å²) in [6, 6.07) is 23.1. The van der Waals surface area contributed by atoms with Crippen LogP contribution in [-0.4, -0.2) is 17.0 Å². The number of hydrogen-bond acceptors (Lipinski definition) is 3. The summed E-state index contributed by atoms with van der Waals surface area (Å²) in [4.78, 5) is 23.2. The van der Waals surface area contributed by atoms with Crippen molar-refractivity contribution in [1.29, 1.82) is 0 Å². The van der Waals surface area contributed by atoms with Crippen LogP contribution in [0.5, 0.6) is 0 Å². The third-order valence-corrected chi connectivity index (χ3v) is 3.63. The minimum Gasteiger partial charge on any atom is -0.465 e. The van der Waals surface area contributed by atoms with Gasteiger partial charge in [0.25, 0.3) is 0 Å². The maximum Gasteiger partial charge on any atom is 0.409 e. The number of para-hydroxylation sites is 2. The number of carboxylic acid groups (broad SMARTS) is 1. The first kappa shape index (κ1) is 16.3. The van der Waals surface area contributed by atoms with Crippen LogP contribution >= 0.6 is 0 Å². The summed E-state index contributed by atoms with van der Waals surface area (Å²) in [5, 5.41) is 14.4. The fourth-order valence-corrected chi connectivity index (χ4v) is 2.43. The molecule has 0 fully saturated rings. The number of rotatable bonds is 5. The van der Waals surface area contributed by atoms with E-state index in [0.29, 0.717) is 22.5 Å². The van der Waals surface area contributed by atoms with Crippen LogP contribution in [-0.2, 0) is 0 Å². The van der Waals surface area contributed by atoms with E-state index in [4.69, 9.17) is 5.11 Å². The van der Waals surface area contributed by atoms with Crippen molar-refractivity contribution in [2.75, 3.05) is 10.6 Å². The van der Waals surface area contributed by atoms with Crippen molar-refractivity contribution in [2.24, 2.45) is 0 Å². The highest BCUT2D eigenvalue weighted by Crippen LogP contribution is 2.25. The van der Waals surface area contributed by atoms with Gasteiger partial charge in [-0.2, -0.15) is 0 Å². The normalized spacial score (nSPS) is 10.1. The Morgan fingerprint density at radius 2 is 1.24 bits per heavy atom. The van der Waals surface area contributed by atoms with Crippen molar-refractivity contribution < 1.29 is 14.7 Å². The van der Waals surface area contributed by atoms with Gasteiger partial charge < -0.3 is 10.4 Å². The monoisotopic (exact) mass is 332 g/mol. The second kappa shape index (κ2) is 7.31. The lowest BCUT2D eigenvalue weighted by molar-refractivity contribution is 0.103. The average Bonchev–Trinajstić information content (AvgIpc) is 2.64. The molecule has 25 heavy (non-hydrogen) atoms. The molecule has 0 atom stereocenters. The quantitative estimate of drug-likeness (QED) is 0.589. The molecule has 3 N–H and O–H groups in total. The van der Waals surface area contributed by atoms with Gasteiger partial charge in [-0.15, -0.1) is 0 Å². The van der Waals surface area contributed by atoms with Gasteiger partial charge in [0.2, 0.25) is 0 Å². The van der Waals surface area contributed by atoms with Crippen molar-refractivity contribution >= 4 is 28.9 Å². The molecular weight excluding hydrogens is 316 g/mol. The standard InChI is InChI=1S/C20H16N2O3/c23-19(14-6-2-1-3-7-14)15-10-12-16(13-11-15)21-17-8-4-5-9-18(17)22-20(24)25/h1-13,21-22H,(H,24,25). The van der Waals surface area contributed by atoms with Crippen LogP contribution in [0.3, 0.4) is 0 Å². The molecule has 0 aliphatic rings. The largest absolute Gasteiger partial charge is 0.465 e. The molecule has 5 heteroatoms. The van der Waals surface area contributed by atoms with E-state index in [1.807, 2.05) is 24.3 Å². The number of amides is 1. The Hall–Kier alpha value is -3.60. The molecular formula is C20H16N2O3. The van der Waals surface area contributed by atoms with E-state index >= 15 is 0 Å². The molecule has 3 aromatic rings. The third-order valence-electron chi connectivity index (χ3n) is 3.63. The first-order valence-electron chi connectivity index (χ1n) is 7.69. The molecule has 0 heterocycles. The summed E-state index contributed by atoms with van der Waals surface area (Å²) < 4.78 is 0. The number of anilines is 3. The first-order chi connectivity index (χ1) is 12.1. The van der Waals surface area contributed by atoms with Crippen LogP contribution in [0.2, 0.25) is 0 Å². The topological polar surface area (TPSA) is 78.4 Å². The number of carbonyl (C=O) groups is 2. The van der Waals surface area contributed by atoms with E-state index in [1.165, 1.54) is 0 Å². The zero-order valence-electron chi connectivity index (χ0n) is 13.3. The Bertz CT molecular complexity index is 890. The van der Waals surface area contributed by atoms with E-state index in [0.717, 1.165) is 5.69 Å². The lowest BCUT2D eigenvalue weighted by Crippen LogP contribution is -2.09. The van der Waals surface area contributed by atoms with E-state index in [9.17, 15) is 9.59 Å². The van der Waals surface area contributed by atoms with Crippen LogP contribution in [0.15, 0.2) is 78.9 Å². The Morgan fingerprint density at radius 3 is 1.88 bits per heavy atom. The fraction of sp³-hybridized carbons (Fsp3) is 0. The minimum atomic E-state index is -1.13. The molecule has 3 rings (SSSR count). The lowest BCUT2D eigenvalue weighted by atomic mass is 10.0. The minimum absolute atomic E-state index is 0.0416. The molecule has 0 saturated carbocycles. The Morgan fingerprint density at radius 1 is 0.680 bits per heavy atom. The molecule has 0 saturated heterocycles. The first-order valence-corrected chi connectivity index (χ1v) is 7.69. The van der Waals surface area contributed by atoms with Crippen molar-refractivity contribution in [2.45, 2.75) is 0 Å². The van der Waals surface area contributed by atoms with E-state index in [2.05, 4.69) is 10.6 Å². The molecule has 0 spiro atoms. The maximum atomic E-state index is 12.4. The van der Waals surface area contributed by atoms with Crippen molar-refractivity contribution in [3.63, 3.8) is 0 Å². The smallest absolute Gasteiger partial charge is 0.409 e. The number of benzene rings is 3. The maximum absolute atomic E-state index is 12.4. The van der Waals surface area contributed by atoms with Crippen LogP contribution in [0, 0.1) is 0 Å². The van der Waals surface area contributed by atoms with Gasteiger partial charge in [-0.3, -0.25) is 10.1 Å². The SMILES string of the molecule is O=C(O)Nc1ccccc1Nc1ccc(C(=O)c2ccccc2)cc1. The molecule has 0 unspecified atom stereocenters. The summed E-state index contributed by atoms with van der Waals surface area (Å²) in [5.41, 5.74) is 3.07. The lowest BCUT2D eigenvalue weighted by Gasteiger charge is -2.12. The summed E-state index contributed by atoms with van der Waals surface area (Å²) in [6.07, 6.45) is -1.13. The molecule has 0 aliphatic carbocycles. The Kier molecular flexibility index (Phi) is 4.76. The van der Waals surface area contributed by atoms with Crippen molar-refractivity contribution in [1.82, 2.24) is 0 Å². The Labute approximate surface area is 144 Å². The molecule has 0 aromatic heterocycles. The predicted octanol–water partition coefficient (Wildman–Crippen LogP) is 4.75. The number of carbonyl (C=O) groups excluding carboxylic acids is 1. The van der Waals surface area contributed by atoms with E-state index in [1.54, 1.807) is 54.6 Å². The van der Waals surface area contributed by atoms with Gasteiger partial charge in [-0.25, -0.2) is 4.79 Å². The third kappa shape index (κ3) is 4.03. The molecule has 124 valence electrons. The number of ketones is 1. The second-order valence-corrected chi connectivity index (χ2v) is 5.37. The predicted molar refractivity (Wildman–Crippen MR) is 97.7 cm³/mol. The molecule has 0 bridgehead atoms. The molecule has 5 nitrogen and oxygen atoms in total. The summed E-state index contributed by atoms with van der Waals surface area (Å²) in [5.74, 6) is -0.0416. The summed E-state index contributed by atoms with van der Waals surface area (Å²) in [6.45, 7) is 0. The highest BCUT2D eigenvalue weighted by molar-refractivity contribution is 6.09. The molecule has 0 aliphatic heterocycles. The van der Waals surface area contributed by atoms with Gasteiger partial charge in [0.15, 0.2) is 5.78 Å². The van der Waals surface area contributed by atoms with Gasteiger partial charge in [-0.1, -0.05) is 42.5 Å². The van der Waals surface area contributed by atoms with Gasteiger partial charge in [0.05, 0.1) is 11.4 Å².